The molecular formula is C32H30N2OS. The van der Waals surface area contributed by atoms with E-state index in [0.717, 1.165) is 33.6 Å². The number of fused-ring (bicyclic) bond motifs is 3. The van der Waals surface area contributed by atoms with E-state index in [1.54, 1.807) is 0 Å². The maximum absolute atomic E-state index is 14.3. The van der Waals surface area contributed by atoms with Crippen molar-refractivity contribution in [3.63, 3.8) is 0 Å². The lowest BCUT2D eigenvalue weighted by Gasteiger charge is -2.13. The standard InChI is InChI=1S/C32H30N2OS/c1-17-14-25-26(15-18(17)2)34-31(33-25)30(29(22-10-11-22)23-12-13-23)28(32(34)35)19(3)24-16-27(36-20(24)4)21-8-6-5-7-9-21/h5-9,14-16,22-23H,10-13H2,1-4H3/b28-19+. The fourth-order valence-electron chi connectivity index (χ4n) is 5.92. The molecule has 0 bridgehead atoms. The van der Waals surface area contributed by atoms with Crippen molar-refractivity contribution in [3.05, 3.63) is 87.1 Å². The first-order chi connectivity index (χ1) is 17.4. The van der Waals surface area contributed by atoms with Crippen molar-refractivity contribution in [2.24, 2.45) is 11.8 Å². The highest BCUT2D eigenvalue weighted by atomic mass is 32.1. The number of hydrogen-bond donors (Lipinski definition) is 0. The van der Waals surface area contributed by atoms with Crippen LogP contribution >= 0.6 is 11.3 Å². The fourth-order valence-corrected chi connectivity index (χ4v) is 7.00. The number of allylic oxidation sites excluding steroid dienone is 4. The number of thiophene rings is 1. The van der Waals surface area contributed by atoms with Gasteiger partial charge in [-0.15, -0.1) is 11.3 Å². The van der Waals surface area contributed by atoms with E-state index < -0.39 is 0 Å². The maximum Gasteiger partial charge on any atom is 0.265 e. The summed E-state index contributed by atoms with van der Waals surface area (Å²) in [5.74, 6) is 2.19. The topological polar surface area (TPSA) is 34.9 Å². The van der Waals surface area contributed by atoms with Crippen LogP contribution in [0.5, 0.6) is 0 Å². The first-order valence-electron chi connectivity index (χ1n) is 13.1. The Hall–Kier alpha value is -3.24. The molecule has 7 rings (SSSR count). The molecule has 4 heteroatoms. The number of carbonyl (C=O) groups is 1. The van der Waals surface area contributed by atoms with Crippen LogP contribution in [0.4, 0.5) is 0 Å². The molecule has 3 nitrogen and oxygen atoms in total. The van der Waals surface area contributed by atoms with Gasteiger partial charge in [-0.1, -0.05) is 35.9 Å². The van der Waals surface area contributed by atoms with E-state index >= 15 is 0 Å². The Balaban J connectivity index is 1.48. The Morgan fingerprint density at radius 2 is 1.58 bits per heavy atom. The highest BCUT2D eigenvalue weighted by molar-refractivity contribution is 7.15. The summed E-state index contributed by atoms with van der Waals surface area (Å²) in [5.41, 5.74) is 11.3. The Morgan fingerprint density at radius 3 is 2.25 bits per heavy atom. The van der Waals surface area contributed by atoms with Crippen LogP contribution in [-0.4, -0.2) is 15.5 Å². The zero-order chi connectivity index (χ0) is 24.7. The highest BCUT2D eigenvalue weighted by Gasteiger charge is 2.45. The Kier molecular flexibility index (Phi) is 4.81. The van der Waals surface area contributed by atoms with E-state index in [1.807, 2.05) is 15.9 Å². The molecule has 3 heterocycles. The predicted octanol–water partition coefficient (Wildman–Crippen LogP) is 8.39. The molecule has 2 aromatic heterocycles. The van der Waals surface area contributed by atoms with Gasteiger partial charge in [0.25, 0.3) is 5.91 Å². The first-order valence-corrected chi connectivity index (χ1v) is 13.9. The van der Waals surface area contributed by atoms with Gasteiger partial charge in [0.15, 0.2) is 0 Å². The summed E-state index contributed by atoms with van der Waals surface area (Å²) >= 11 is 1.81. The second kappa shape index (κ2) is 7.88. The molecule has 2 fully saturated rings. The summed E-state index contributed by atoms with van der Waals surface area (Å²) in [6.07, 6.45) is 4.96. The van der Waals surface area contributed by atoms with E-state index in [-0.39, 0.29) is 5.91 Å². The van der Waals surface area contributed by atoms with E-state index in [4.69, 9.17) is 4.98 Å². The Labute approximate surface area is 216 Å². The molecular weight excluding hydrogens is 460 g/mol. The van der Waals surface area contributed by atoms with Crippen LogP contribution in [-0.2, 0) is 0 Å². The second-order valence-corrected chi connectivity index (χ2v) is 12.1. The summed E-state index contributed by atoms with van der Waals surface area (Å²) in [7, 11) is 0. The SMILES string of the molecule is C/C(=C1\C(=O)n2c(nc3cc(C)c(C)cc32)C1=C(C1CC1)C1CC1)c1cc(-c2ccccc2)sc1C. The minimum atomic E-state index is 0.0916. The van der Waals surface area contributed by atoms with E-state index in [9.17, 15) is 4.79 Å². The van der Waals surface area contributed by atoms with Gasteiger partial charge in [-0.2, -0.15) is 0 Å². The van der Waals surface area contributed by atoms with Crippen molar-refractivity contribution >= 4 is 39.4 Å². The zero-order valence-electron chi connectivity index (χ0n) is 21.3. The molecule has 0 N–H and O–H groups in total. The molecule has 2 saturated carbocycles. The van der Waals surface area contributed by atoms with Gasteiger partial charge >= 0.3 is 0 Å². The minimum absolute atomic E-state index is 0.0916. The molecule has 2 aliphatic carbocycles. The number of rotatable bonds is 4. The molecule has 36 heavy (non-hydrogen) atoms. The van der Waals surface area contributed by atoms with Crippen molar-refractivity contribution < 1.29 is 4.79 Å². The number of aryl methyl sites for hydroxylation is 3. The molecule has 1 aliphatic heterocycles. The monoisotopic (exact) mass is 490 g/mol. The van der Waals surface area contributed by atoms with Gasteiger partial charge in [0.1, 0.15) is 5.82 Å². The largest absolute Gasteiger partial charge is 0.268 e. The van der Waals surface area contributed by atoms with Crippen molar-refractivity contribution in [1.29, 1.82) is 0 Å². The van der Waals surface area contributed by atoms with Gasteiger partial charge in [0.2, 0.25) is 0 Å². The minimum Gasteiger partial charge on any atom is -0.268 e. The molecule has 0 spiro atoms. The molecule has 0 amide bonds. The number of benzene rings is 2. The lowest BCUT2D eigenvalue weighted by atomic mass is 9.89. The van der Waals surface area contributed by atoms with Crippen LogP contribution < -0.4 is 0 Å². The van der Waals surface area contributed by atoms with Crippen molar-refractivity contribution in [2.75, 3.05) is 0 Å². The third-order valence-electron chi connectivity index (χ3n) is 8.24. The van der Waals surface area contributed by atoms with Crippen LogP contribution in [0.3, 0.4) is 0 Å². The van der Waals surface area contributed by atoms with Crippen molar-refractivity contribution in [1.82, 2.24) is 9.55 Å². The molecule has 3 aliphatic rings. The average Bonchev–Trinajstić information content (AvgIpc) is 3.79. The van der Waals surface area contributed by atoms with Crippen molar-refractivity contribution in [2.45, 2.75) is 53.4 Å². The molecule has 0 saturated heterocycles. The smallest absolute Gasteiger partial charge is 0.265 e. The molecule has 0 unspecified atom stereocenters. The lowest BCUT2D eigenvalue weighted by Crippen LogP contribution is -2.08. The first kappa shape index (κ1) is 22.0. The summed E-state index contributed by atoms with van der Waals surface area (Å²) in [5, 5.41) is 0. The summed E-state index contributed by atoms with van der Waals surface area (Å²) in [4.78, 5) is 21.9. The molecule has 0 atom stereocenters. The normalized spacial score (nSPS) is 18.8. The van der Waals surface area contributed by atoms with Crippen LogP contribution in [0.1, 0.15) is 64.8 Å². The third kappa shape index (κ3) is 3.31. The summed E-state index contributed by atoms with van der Waals surface area (Å²) in [6, 6.07) is 17.1. The van der Waals surface area contributed by atoms with E-state index in [1.165, 1.54) is 63.3 Å². The number of aromatic nitrogens is 2. The predicted molar refractivity (Wildman–Crippen MR) is 149 cm³/mol. The van der Waals surface area contributed by atoms with Crippen LogP contribution in [0.25, 0.3) is 32.6 Å². The maximum atomic E-state index is 14.3. The third-order valence-corrected chi connectivity index (χ3v) is 9.34. The van der Waals surface area contributed by atoms with Crippen molar-refractivity contribution in [3.8, 4) is 10.4 Å². The van der Waals surface area contributed by atoms with Crippen LogP contribution in [0, 0.1) is 32.6 Å². The molecule has 180 valence electrons. The van der Waals surface area contributed by atoms with Gasteiger partial charge in [-0.25, -0.2) is 4.98 Å². The fraction of sp³-hybridized carbons (Fsp3) is 0.312. The molecule has 2 aromatic carbocycles. The lowest BCUT2D eigenvalue weighted by molar-refractivity contribution is 0.0973. The van der Waals surface area contributed by atoms with E-state index in [2.05, 4.69) is 76.2 Å². The molecule has 4 aromatic rings. The van der Waals surface area contributed by atoms with Gasteiger partial charge in [-0.05, 0) is 111 Å². The Morgan fingerprint density at radius 1 is 0.917 bits per heavy atom. The molecule has 0 radical (unpaired) electrons. The Bertz CT molecular complexity index is 1620. The number of nitrogens with zero attached hydrogens (tertiary/aromatic N) is 2. The van der Waals surface area contributed by atoms with Gasteiger partial charge in [-0.3, -0.25) is 9.36 Å². The van der Waals surface area contributed by atoms with E-state index in [0.29, 0.717) is 11.8 Å². The number of hydrogen-bond acceptors (Lipinski definition) is 3. The number of imidazole rings is 1. The summed E-state index contributed by atoms with van der Waals surface area (Å²) in [6.45, 7) is 8.57. The van der Waals surface area contributed by atoms with Gasteiger partial charge in [0.05, 0.1) is 16.6 Å². The van der Waals surface area contributed by atoms with Crippen LogP contribution in [0.2, 0.25) is 0 Å². The zero-order valence-corrected chi connectivity index (χ0v) is 22.1. The highest BCUT2D eigenvalue weighted by Crippen LogP contribution is 2.55. The van der Waals surface area contributed by atoms with Gasteiger partial charge < -0.3 is 0 Å². The quantitative estimate of drug-likeness (QED) is 0.269. The van der Waals surface area contributed by atoms with Crippen LogP contribution in [0.15, 0.2) is 59.7 Å². The van der Waals surface area contributed by atoms with Gasteiger partial charge in [0, 0.05) is 15.3 Å². The average molecular weight is 491 g/mol. The number of carbonyl (C=O) groups excluding carboxylic acids is 1. The summed E-state index contributed by atoms with van der Waals surface area (Å²) < 4.78 is 1.92. The second-order valence-electron chi connectivity index (χ2n) is 10.8.